The molecule has 0 bridgehead atoms. The van der Waals surface area contributed by atoms with Crippen molar-refractivity contribution in [2.24, 2.45) is 0 Å². The second-order valence-electron chi connectivity index (χ2n) is 7.43. The average molecular weight is 402 g/mol. The fraction of sp³-hybridized carbons (Fsp3) is 0.333. The van der Waals surface area contributed by atoms with E-state index in [1.165, 1.54) is 22.6 Å². The first-order valence-corrected chi connectivity index (χ1v) is 9.68. The highest BCUT2D eigenvalue weighted by molar-refractivity contribution is 6.30. The Labute approximate surface area is 168 Å². The lowest BCUT2D eigenvalue weighted by atomic mass is 9.87. The Morgan fingerprint density at radius 1 is 0.929 bits per heavy atom. The number of likely N-dealkylation sites (tertiary alicyclic amines) is 1. The van der Waals surface area contributed by atoms with Crippen LogP contribution in [0.5, 0.6) is 0 Å². The van der Waals surface area contributed by atoms with Crippen molar-refractivity contribution in [2.45, 2.75) is 31.5 Å². The van der Waals surface area contributed by atoms with Crippen LogP contribution in [0.3, 0.4) is 0 Å². The van der Waals surface area contributed by atoms with Crippen LogP contribution in [0.25, 0.3) is 0 Å². The van der Waals surface area contributed by atoms with Gasteiger partial charge in [0.15, 0.2) is 0 Å². The van der Waals surface area contributed by atoms with Gasteiger partial charge in [-0.15, -0.1) is 0 Å². The van der Waals surface area contributed by atoms with Gasteiger partial charge in [-0.1, -0.05) is 35.9 Å². The molecule has 1 N–H and O–H groups in total. The standard InChI is InChI=1S/C21H21ClFN3O2/c22-17-5-1-15(2-6-17)13-25-11-9-21(10-12-25)19(27)26(20(28)24-21)14-16-3-7-18(23)8-4-16/h1-8H,9-14H2,(H,24,28). The first-order chi connectivity index (χ1) is 13.4. The Balaban J connectivity index is 1.39. The van der Waals surface area contributed by atoms with Gasteiger partial charge in [-0.3, -0.25) is 14.6 Å². The van der Waals surface area contributed by atoms with Crippen LogP contribution < -0.4 is 5.32 Å². The number of rotatable bonds is 4. The summed E-state index contributed by atoms with van der Waals surface area (Å²) >= 11 is 5.93. The van der Waals surface area contributed by atoms with E-state index in [9.17, 15) is 14.0 Å². The molecule has 2 saturated heterocycles. The van der Waals surface area contributed by atoms with Crippen molar-refractivity contribution >= 4 is 23.5 Å². The fourth-order valence-electron chi connectivity index (χ4n) is 3.87. The van der Waals surface area contributed by atoms with Gasteiger partial charge in [0.25, 0.3) is 5.91 Å². The molecule has 28 heavy (non-hydrogen) atoms. The van der Waals surface area contributed by atoms with Crippen LogP contribution in [-0.2, 0) is 17.9 Å². The highest BCUT2D eigenvalue weighted by Gasteiger charge is 2.52. The molecule has 4 rings (SSSR count). The molecule has 146 valence electrons. The number of piperidine rings is 1. The molecule has 0 radical (unpaired) electrons. The van der Waals surface area contributed by atoms with Crippen molar-refractivity contribution in [3.63, 3.8) is 0 Å². The molecule has 2 aliphatic rings. The average Bonchev–Trinajstić information content (AvgIpc) is 2.91. The smallest absolute Gasteiger partial charge is 0.323 e. The van der Waals surface area contributed by atoms with Crippen LogP contribution >= 0.6 is 11.6 Å². The summed E-state index contributed by atoms with van der Waals surface area (Å²) in [4.78, 5) is 28.9. The van der Waals surface area contributed by atoms with Crippen LogP contribution in [0.1, 0.15) is 24.0 Å². The zero-order chi connectivity index (χ0) is 19.7. The number of halogens is 2. The van der Waals surface area contributed by atoms with E-state index in [2.05, 4.69) is 10.2 Å². The number of nitrogens with one attached hydrogen (secondary N) is 1. The monoisotopic (exact) mass is 401 g/mol. The number of urea groups is 1. The van der Waals surface area contributed by atoms with Crippen LogP contribution in [0.4, 0.5) is 9.18 Å². The van der Waals surface area contributed by atoms with Crippen molar-refractivity contribution < 1.29 is 14.0 Å². The Kier molecular flexibility index (Phi) is 5.08. The molecule has 0 aromatic heterocycles. The first kappa shape index (κ1) is 18.9. The van der Waals surface area contributed by atoms with Crippen molar-refractivity contribution in [1.29, 1.82) is 0 Å². The van der Waals surface area contributed by atoms with Gasteiger partial charge in [-0.05, 0) is 48.2 Å². The number of hydrogen-bond acceptors (Lipinski definition) is 3. The lowest BCUT2D eigenvalue weighted by Gasteiger charge is -2.37. The minimum atomic E-state index is -0.826. The van der Waals surface area contributed by atoms with Crippen LogP contribution in [0.2, 0.25) is 5.02 Å². The summed E-state index contributed by atoms with van der Waals surface area (Å²) in [5.41, 5.74) is 1.07. The maximum atomic E-state index is 13.1. The van der Waals surface area contributed by atoms with Crippen molar-refractivity contribution in [1.82, 2.24) is 15.1 Å². The van der Waals surface area contributed by atoms with Crippen molar-refractivity contribution in [3.8, 4) is 0 Å². The highest BCUT2D eigenvalue weighted by atomic mass is 35.5. The molecule has 5 nitrogen and oxygen atoms in total. The zero-order valence-corrected chi connectivity index (χ0v) is 16.1. The molecular formula is C21H21ClFN3O2. The molecule has 2 fully saturated rings. The minimum Gasteiger partial charge on any atom is -0.323 e. The first-order valence-electron chi connectivity index (χ1n) is 9.31. The number of imide groups is 1. The SMILES string of the molecule is O=C1NC2(CCN(Cc3ccc(Cl)cc3)CC2)C(=O)N1Cc1ccc(F)cc1. The van der Waals surface area contributed by atoms with Gasteiger partial charge in [0.05, 0.1) is 6.54 Å². The summed E-state index contributed by atoms with van der Waals surface area (Å²) in [5, 5.41) is 3.62. The van der Waals surface area contributed by atoms with E-state index in [1.54, 1.807) is 12.1 Å². The van der Waals surface area contributed by atoms with Gasteiger partial charge in [-0.25, -0.2) is 9.18 Å². The minimum absolute atomic E-state index is 0.154. The summed E-state index contributed by atoms with van der Waals surface area (Å²) in [6.45, 7) is 2.38. The molecule has 2 heterocycles. The molecule has 0 aliphatic carbocycles. The quantitative estimate of drug-likeness (QED) is 0.797. The van der Waals surface area contributed by atoms with E-state index < -0.39 is 5.54 Å². The van der Waals surface area contributed by atoms with Crippen molar-refractivity contribution in [3.05, 3.63) is 70.5 Å². The Hall–Kier alpha value is -2.44. The second kappa shape index (κ2) is 7.53. The third-order valence-electron chi connectivity index (χ3n) is 5.53. The summed E-state index contributed by atoms with van der Waals surface area (Å²) in [6.07, 6.45) is 1.15. The normalized spacial score (nSPS) is 19.3. The largest absolute Gasteiger partial charge is 0.325 e. The van der Waals surface area contributed by atoms with Gasteiger partial charge in [-0.2, -0.15) is 0 Å². The summed E-state index contributed by atoms with van der Waals surface area (Å²) < 4.78 is 13.1. The molecule has 0 unspecified atom stereocenters. The van der Waals surface area contributed by atoms with Crippen LogP contribution in [0.15, 0.2) is 48.5 Å². The molecule has 0 saturated carbocycles. The third kappa shape index (κ3) is 3.75. The molecule has 1 spiro atoms. The highest BCUT2D eigenvalue weighted by Crippen LogP contribution is 2.31. The Morgan fingerprint density at radius 2 is 1.50 bits per heavy atom. The number of amides is 3. The zero-order valence-electron chi connectivity index (χ0n) is 15.3. The van der Waals surface area contributed by atoms with E-state index in [1.807, 2.05) is 24.3 Å². The molecule has 7 heteroatoms. The van der Waals surface area contributed by atoms with Gasteiger partial charge in [0.1, 0.15) is 11.4 Å². The van der Waals surface area contributed by atoms with E-state index >= 15 is 0 Å². The lowest BCUT2D eigenvalue weighted by molar-refractivity contribution is -0.133. The summed E-state index contributed by atoms with van der Waals surface area (Å²) in [7, 11) is 0. The maximum absolute atomic E-state index is 13.1. The van der Waals surface area contributed by atoms with E-state index in [4.69, 9.17) is 11.6 Å². The van der Waals surface area contributed by atoms with E-state index in [0.717, 1.165) is 25.2 Å². The Bertz CT molecular complexity index is 878. The van der Waals surface area contributed by atoms with Gasteiger partial charge in [0, 0.05) is 24.7 Å². The predicted molar refractivity (Wildman–Crippen MR) is 104 cm³/mol. The van der Waals surface area contributed by atoms with E-state index in [0.29, 0.717) is 17.9 Å². The van der Waals surface area contributed by atoms with Crippen molar-refractivity contribution in [2.75, 3.05) is 13.1 Å². The summed E-state index contributed by atoms with van der Waals surface area (Å²) in [5.74, 6) is -0.529. The molecule has 2 aromatic rings. The van der Waals surface area contributed by atoms with Crippen LogP contribution in [0, 0.1) is 5.82 Å². The van der Waals surface area contributed by atoms with Gasteiger partial charge < -0.3 is 5.32 Å². The molecular weight excluding hydrogens is 381 g/mol. The third-order valence-corrected chi connectivity index (χ3v) is 5.78. The number of carbonyl (C=O) groups is 2. The van der Waals surface area contributed by atoms with Gasteiger partial charge in [0.2, 0.25) is 0 Å². The van der Waals surface area contributed by atoms with Gasteiger partial charge >= 0.3 is 6.03 Å². The molecule has 2 aliphatic heterocycles. The number of carbonyl (C=O) groups excluding carboxylic acids is 2. The molecule has 3 amide bonds. The number of benzene rings is 2. The summed E-state index contributed by atoms with van der Waals surface area (Å²) in [6, 6.07) is 13.2. The second-order valence-corrected chi connectivity index (χ2v) is 7.87. The molecule has 2 aromatic carbocycles. The Morgan fingerprint density at radius 3 is 2.14 bits per heavy atom. The number of hydrogen-bond donors (Lipinski definition) is 1. The molecule has 0 atom stereocenters. The maximum Gasteiger partial charge on any atom is 0.325 e. The van der Waals surface area contributed by atoms with Crippen LogP contribution in [-0.4, -0.2) is 40.4 Å². The van der Waals surface area contributed by atoms with E-state index in [-0.39, 0.29) is 24.3 Å². The lowest BCUT2D eigenvalue weighted by Crippen LogP contribution is -2.54. The number of nitrogens with zero attached hydrogens (tertiary/aromatic N) is 2. The predicted octanol–water partition coefficient (Wildman–Crippen LogP) is 3.57. The fourth-order valence-corrected chi connectivity index (χ4v) is 4.00. The topological polar surface area (TPSA) is 52.7 Å².